The summed E-state index contributed by atoms with van der Waals surface area (Å²) < 4.78 is 0. The van der Waals surface area contributed by atoms with Crippen LogP contribution in [0.4, 0.5) is 0 Å². The van der Waals surface area contributed by atoms with Gasteiger partial charge in [0.15, 0.2) is 11.5 Å². The second-order valence-electron chi connectivity index (χ2n) is 6.91. The van der Waals surface area contributed by atoms with Crippen molar-refractivity contribution >= 4 is 0 Å². The molecule has 27 heavy (non-hydrogen) atoms. The molecular formula is C23H24O4. The molecule has 0 aromatic heterocycles. The topological polar surface area (TPSA) is 80.9 Å². The Hall–Kier alpha value is -3.14. The van der Waals surface area contributed by atoms with Crippen LogP contribution in [0.3, 0.4) is 0 Å². The fraction of sp³-hybridized carbons (Fsp3) is 0.217. The summed E-state index contributed by atoms with van der Waals surface area (Å²) in [6, 6.07) is 13.8. The lowest BCUT2D eigenvalue weighted by Gasteiger charge is -2.24. The molecule has 0 bridgehead atoms. The lowest BCUT2D eigenvalue weighted by atomic mass is 9.80. The maximum atomic E-state index is 10.2. The van der Waals surface area contributed by atoms with E-state index in [1.165, 1.54) is 0 Å². The number of benzene rings is 3. The van der Waals surface area contributed by atoms with Crippen molar-refractivity contribution in [2.45, 2.75) is 33.1 Å². The molecular weight excluding hydrogens is 340 g/mol. The molecule has 3 aromatic carbocycles. The van der Waals surface area contributed by atoms with E-state index in [0.29, 0.717) is 6.42 Å². The van der Waals surface area contributed by atoms with Crippen molar-refractivity contribution in [3.8, 4) is 23.0 Å². The standard InChI is InChI=1S/C23H24O4/c1-4-15-11-18(13(2)9-20(15)25)23(16-5-7-17(24)8-6-16)19-12-22(27)21(26)10-14(19)3/h5-12,23-27H,4H2,1-3H3. The predicted molar refractivity (Wildman–Crippen MR) is 106 cm³/mol. The van der Waals surface area contributed by atoms with Crippen LogP contribution in [0.2, 0.25) is 0 Å². The Morgan fingerprint density at radius 3 is 1.81 bits per heavy atom. The van der Waals surface area contributed by atoms with Crippen LogP contribution in [0.1, 0.15) is 46.2 Å². The van der Waals surface area contributed by atoms with Gasteiger partial charge in [0, 0.05) is 5.92 Å². The zero-order valence-corrected chi connectivity index (χ0v) is 15.7. The van der Waals surface area contributed by atoms with Gasteiger partial charge in [-0.2, -0.15) is 0 Å². The van der Waals surface area contributed by atoms with E-state index in [4.69, 9.17) is 0 Å². The van der Waals surface area contributed by atoms with Crippen LogP contribution < -0.4 is 0 Å². The zero-order valence-electron chi connectivity index (χ0n) is 15.7. The molecule has 0 aliphatic heterocycles. The number of aromatic hydroxyl groups is 4. The lowest BCUT2D eigenvalue weighted by molar-refractivity contribution is 0.402. The summed E-state index contributed by atoms with van der Waals surface area (Å²) in [4.78, 5) is 0. The summed E-state index contributed by atoms with van der Waals surface area (Å²) in [5, 5.41) is 39.8. The minimum Gasteiger partial charge on any atom is -0.508 e. The molecule has 0 spiro atoms. The number of phenols is 4. The van der Waals surface area contributed by atoms with Gasteiger partial charge in [0.05, 0.1) is 0 Å². The van der Waals surface area contributed by atoms with Crippen LogP contribution in [-0.4, -0.2) is 20.4 Å². The van der Waals surface area contributed by atoms with Gasteiger partial charge in [-0.15, -0.1) is 0 Å². The molecule has 3 rings (SSSR count). The third-order valence-corrected chi connectivity index (χ3v) is 5.06. The Morgan fingerprint density at radius 2 is 1.22 bits per heavy atom. The monoisotopic (exact) mass is 364 g/mol. The van der Waals surface area contributed by atoms with Gasteiger partial charge in [0.1, 0.15) is 11.5 Å². The van der Waals surface area contributed by atoms with Crippen LogP contribution in [0.25, 0.3) is 0 Å². The summed E-state index contributed by atoms with van der Waals surface area (Å²) in [6.45, 7) is 5.82. The molecule has 0 aliphatic rings. The highest BCUT2D eigenvalue weighted by molar-refractivity contribution is 5.56. The van der Waals surface area contributed by atoms with Crippen LogP contribution in [-0.2, 0) is 6.42 Å². The van der Waals surface area contributed by atoms with Gasteiger partial charge >= 0.3 is 0 Å². The van der Waals surface area contributed by atoms with Crippen molar-refractivity contribution in [3.05, 3.63) is 81.9 Å². The molecule has 3 aromatic rings. The first-order chi connectivity index (χ1) is 12.8. The Labute approximate surface area is 159 Å². The Kier molecular flexibility index (Phi) is 5.00. The SMILES string of the molecule is CCc1cc(C(c2ccc(O)cc2)c2cc(O)c(O)cc2C)c(C)cc1O. The minimum absolute atomic E-state index is 0.155. The highest BCUT2D eigenvalue weighted by Gasteiger charge is 2.23. The molecule has 0 radical (unpaired) electrons. The smallest absolute Gasteiger partial charge is 0.157 e. The maximum Gasteiger partial charge on any atom is 0.157 e. The van der Waals surface area contributed by atoms with Crippen molar-refractivity contribution in [2.75, 3.05) is 0 Å². The Bertz CT molecular complexity index is 975. The summed E-state index contributed by atoms with van der Waals surface area (Å²) >= 11 is 0. The van der Waals surface area contributed by atoms with E-state index < -0.39 is 0 Å². The van der Waals surface area contributed by atoms with E-state index in [1.54, 1.807) is 30.3 Å². The van der Waals surface area contributed by atoms with Crippen LogP contribution in [0.15, 0.2) is 48.5 Å². The van der Waals surface area contributed by atoms with E-state index in [-0.39, 0.29) is 28.9 Å². The third-order valence-electron chi connectivity index (χ3n) is 5.06. The molecule has 4 nitrogen and oxygen atoms in total. The van der Waals surface area contributed by atoms with Crippen molar-refractivity contribution in [1.82, 2.24) is 0 Å². The van der Waals surface area contributed by atoms with Crippen molar-refractivity contribution in [1.29, 1.82) is 0 Å². The number of hydrogen-bond donors (Lipinski definition) is 4. The first-order valence-corrected chi connectivity index (χ1v) is 8.95. The predicted octanol–water partition coefficient (Wildman–Crippen LogP) is 4.87. The van der Waals surface area contributed by atoms with Crippen molar-refractivity contribution in [3.63, 3.8) is 0 Å². The summed E-state index contributed by atoms with van der Waals surface area (Å²) in [7, 11) is 0. The van der Waals surface area contributed by atoms with Crippen LogP contribution in [0, 0.1) is 13.8 Å². The molecule has 1 unspecified atom stereocenters. The number of aryl methyl sites for hydroxylation is 3. The lowest BCUT2D eigenvalue weighted by Crippen LogP contribution is -2.08. The molecule has 140 valence electrons. The highest BCUT2D eigenvalue weighted by atomic mass is 16.3. The minimum atomic E-state index is -0.219. The van der Waals surface area contributed by atoms with Crippen LogP contribution in [0.5, 0.6) is 23.0 Å². The third kappa shape index (κ3) is 3.56. The molecule has 0 saturated heterocycles. The van der Waals surface area contributed by atoms with Gasteiger partial charge < -0.3 is 20.4 Å². The van der Waals surface area contributed by atoms with Gasteiger partial charge in [-0.1, -0.05) is 25.1 Å². The quantitative estimate of drug-likeness (QED) is 0.393. The number of hydrogen-bond acceptors (Lipinski definition) is 4. The van der Waals surface area contributed by atoms with E-state index in [0.717, 1.165) is 33.4 Å². The molecule has 1 atom stereocenters. The summed E-state index contributed by atoms with van der Waals surface area (Å²) in [6.07, 6.45) is 0.696. The normalized spacial score (nSPS) is 12.1. The van der Waals surface area contributed by atoms with Crippen LogP contribution >= 0.6 is 0 Å². The summed E-state index contributed by atoms with van der Waals surface area (Å²) in [5.74, 6) is -0.0974. The fourth-order valence-electron chi connectivity index (χ4n) is 3.55. The maximum absolute atomic E-state index is 10.2. The molecule has 4 N–H and O–H groups in total. The van der Waals surface area contributed by atoms with Crippen molar-refractivity contribution < 1.29 is 20.4 Å². The van der Waals surface area contributed by atoms with Gasteiger partial charge in [-0.3, -0.25) is 0 Å². The number of rotatable bonds is 4. The largest absolute Gasteiger partial charge is 0.508 e. The molecule has 0 saturated carbocycles. The Balaban J connectivity index is 2.30. The molecule has 0 aliphatic carbocycles. The molecule has 0 fully saturated rings. The van der Waals surface area contributed by atoms with E-state index in [2.05, 4.69) is 0 Å². The first-order valence-electron chi connectivity index (χ1n) is 8.95. The van der Waals surface area contributed by atoms with Gasteiger partial charge in [-0.05, 0) is 84.0 Å². The number of phenolic OH excluding ortho intramolecular Hbond substituents is 4. The molecule has 0 heterocycles. The van der Waals surface area contributed by atoms with Gasteiger partial charge in [0.25, 0.3) is 0 Å². The van der Waals surface area contributed by atoms with Gasteiger partial charge in [0.2, 0.25) is 0 Å². The highest BCUT2D eigenvalue weighted by Crippen LogP contribution is 2.41. The van der Waals surface area contributed by atoms with E-state index in [9.17, 15) is 20.4 Å². The molecule has 0 amide bonds. The second kappa shape index (κ2) is 7.23. The molecule has 4 heteroatoms. The Morgan fingerprint density at radius 1 is 0.704 bits per heavy atom. The average Bonchev–Trinajstić information content (AvgIpc) is 2.62. The zero-order chi connectivity index (χ0) is 19.7. The first kappa shape index (κ1) is 18.6. The average molecular weight is 364 g/mol. The van der Waals surface area contributed by atoms with Crippen molar-refractivity contribution in [2.24, 2.45) is 0 Å². The van der Waals surface area contributed by atoms with E-state index in [1.807, 2.05) is 39.0 Å². The summed E-state index contributed by atoms with van der Waals surface area (Å²) in [5.41, 5.74) is 5.41. The van der Waals surface area contributed by atoms with Gasteiger partial charge in [-0.25, -0.2) is 0 Å². The fourth-order valence-corrected chi connectivity index (χ4v) is 3.55. The second-order valence-corrected chi connectivity index (χ2v) is 6.91. The van der Waals surface area contributed by atoms with E-state index >= 15 is 0 Å².